The number of hydrogen-bond donors (Lipinski definition) is 1. The molecule has 3 rings (SSSR count). The van der Waals surface area contributed by atoms with Crippen molar-refractivity contribution in [1.82, 2.24) is 9.88 Å². The van der Waals surface area contributed by atoms with Gasteiger partial charge in [0.1, 0.15) is 5.75 Å². The molecule has 0 amide bonds. The maximum Gasteiger partial charge on any atom is 0.142 e. The molecular weight excluding hydrogens is 443 g/mol. The van der Waals surface area contributed by atoms with Crippen LogP contribution in [0.4, 0.5) is 0 Å². The van der Waals surface area contributed by atoms with Gasteiger partial charge < -0.3 is 9.72 Å². The normalized spacial score (nSPS) is 15.3. The number of nitrogens with one attached hydrogen (secondary N) is 1. The van der Waals surface area contributed by atoms with Gasteiger partial charge in [-0.3, -0.25) is 4.90 Å². The molecule has 0 aliphatic carbocycles. The van der Waals surface area contributed by atoms with Crippen molar-refractivity contribution >= 4 is 44.3 Å². The summed E-state index contributed by atoms with van der Waals surface area (Å²) in [5.74, 6) is 0.856. The molecule has 0 spiro atoms. The summed E-state index contributed by atoms with van der Waals surface area (Å²) in [5.41, 5.74) is 3.41. The lowest BCUT2D eigenvalue weighted by Crippen LogP contribution is -2.29. The van der Waals surface area contributed by atoms with Crippen LogP contribution in [0.3, 0.4) is 0 Å². The van der Waals surface area contributed by atoms with Crippen LogP contribution in [0.25, 0.3) is 11.3 Å². The maximum atomic E-state index is 5.55. The lowest BCUT2D eigenvalue weighted by molar-refractivity contribution is 0.219. The first-order valence-electron chi connectivity index (χ1n) is 7.61. The summed E-state index contributed by atoms with van der Waals surface area (Å²) in [5, 5.41) is 0. The zero-order chi connectivity index (χ0) is 15.5. The van der Waals surface area contributed by atoms with Crippen LogP contribution in [0, 0.1) is 0 Å². The third kappa shape index (κ3) is 4.53. The Morgan fingerprint density at radius 1 is 1.13 bits per heavy atom. The van der Waals surface area contributed by atoms with Crippen LogP contribution in [-0.2, 0) is 6.54 Å². The Morgan fingerprint density at radius 3 is 2.57 bits per heavy atom. The monoisotopic (exact) mass is 462 g/mol. The molecule has 6 heteroatoms. The minimum Gasteiger partial charge on any atom is -0.495 e. The summed E-state index contributed by atoms with van der Waals surface area (Å²) in [7, 11) is 1.70. The molecule has 23 heavy (non-hydrogen) atoms. The van der Waals surface area contributed by atoms with Gasteiger partial charge in [0, 0.05) is 28.0 Å². The van der Waals surface area contributed by atoms with Gasteiger partial charge in [0.2, 0.25) is 0 Å². The van der Waals surface area contributed by atoms with Crippen LogP contribution in [0.2, 0.25) is 0 Å². The van der Waals surface area contributed by atoms with E-state index in [2.05, 4.69) is 59.9 Å². The van der Waals surface area contributed by atoms with E-state index in [9.17, 15) is 0 Å². The molecular formula is C17H21Br2ClN2O. The van der Waals surface area contributed by atoms with Gasteiger partial charge in [-0.25, -0.2) is 0 Å². The van der Waals surface area contributed by atoms with Crippen LogP contribution in [0.5, 0.6) is 5.75 Å². The van der Waals surface area contributed by atoms with Gasteiger partial charge in [-0.1, -0.05) is 22.4 Å². The molecule has 1 aromatic carbocycles. The fourth-order valence-corrected chi connectivity index (χ4v) is 4.40. The van der Waals surface area contributed by atoms with Gasteiger partial charge in [0.15, 0.2) is 0 Å². The zero-order valence-corrected chi connectivity index (χ0v) is 17.1. The van der Waals surface area contributed by atoms with Crippen molar-refractivity contribution in [2.24, 2.45) is 0 Å². The smallest absolute Gasteiger partial charge is 0.142 e. The van der Waals surface area contributed by atoms with Gasteiger partial charge in [-0.15, -0.1) is 12.4 Å². The number of benzene rings is 1. The number of aromatic nitrogens is 1. The lowest BCUT2D eigenvalue weighted by Gasteiger charge is -2.25. The number of rotatable bonds is 4. The van der Waals surface area contributed by atoms with E-state index in [0.717, 1.165) is 32.5 Å². The second-order valence-electron chi connectivity index (χ2n) is 5.70. The van der Waals surface area contributed by atoms with Crippen molar-refractivity contribution in [3.05, 3.63) is 38.9 Å². The Hall–Kier alpha value is -0.490. The summed E-state index contributed by atoms with van der Waals surface area (Å²) in [4.78, 5) is 6.06. The molecule has 1 saturated heterocycles. The van der Waals surface area contributed by atoms with E-state index in [1.807, 2.05) is 6.07 Å². The topological polar surface area (TPSA) is 28.3 Å². The van der Waals surface area contributed by atoms with E-state index >= 15 is 0 Å². The second-order valence-corrected chi connectivity index (χ2v) is 7.47. The molecule has 1 N–H and O–H groups in total. The van der Waals surface area contributed by atoms with Crippen LogP contribution >= 0.6 is 44.3 Å². The first-order chi connectivity index (χ1) is 10.7. The summed E-state index contributed by atoms with van der Waals surface area (Å²) < 4.78 is 7.53. The molecule has 126 valence electrons. The molecule has 0 saturated carbocycles. The standard InChI is InChI=1S/C17H20Br2N2O.ClH/c1-22-17-14(9-12(18)10-15(17)19)16-6-5-13(20-16)11-21-7-3-2-4-8-21;/h5-6,9-10,20H,2-4,7-8,11H2,1H3;1H. The molecule has 3 nitrogen and oxygen atoms in total. The van der Waals surface area contributed by atoms with E-state index in [1.165, 1.54) is 38.0 Å². The minimum absolute atomic E-state index is 0. The predicted octanol–water partition coefficient (Wildman–Crippen LogP) is 5.62. The molecule has 1 aliphatic rings. The number of piperidine rings is 1. The van der Waals surface area contributed by atoms with Crippen LogP contribution in [-0.4, -0.2) is 30.1 Å². The highest BCUT2D eigenvalue weighted by atomic mass is 79.9. The van der Waals surface area contributed by atoms with Crippen LogP contribution < -0.4 is 4.74 Å². The number of H-pyrrole nitrogens is 1. The summed E-state index contributed by atoms with van der Waals surface area (Å²) in [6, 6.07) is 8.40. The fraction of sp³-hybridized carbons (Fsp3) is 0.412. The van der Waals surface area contributed by atoms with Crippen molar-refractivity contribution in [2.45, 2.75) is 25.8 Å². The van der Waals surface area contributed by atoms with Crippen molar-refractivity contribution < 1.29 is 4.74 Å². The number of ether oxygens (including phenoxy) is 1. The lowest BCUT2D eigenvalue weighted by atomic mass is 10.1. The quantitative estimate of drug-likeness (QED) is 0.636. The fourth-order valence-electron chi connectivity index (χ4n) is 3.02. The summed E-state index contributed by atoms with van der Waals surface area (Å²) in [6.45, 7) is 3.41. The molecule has 1 aliphatic heterocycles. The van der Waals surface area contributed by atoms with Gasteiger partial charge in [-0.2, -0.15) is 0 Å². The van der Waals surface area contributed by atoms with Crippen molar-refractivity contribution in [3.63, 3.8) is 0 Å². The van der Waals surface area contributed by atoms with Crippen LogP contribution in [0.15, 0.2) is 33.2 Å². The van der Waals surface area contributed by atoms with E-state index in [4.69, 9.17) is 4.74 Å². The molecule has 2 heterocycles. The number of aromatic amines is 1. The highest BCUT2D eigenvalue weighted by Gasteiger charge is 2.15. The highest BCUT2D eigenvalue weighted by molar-refractivity contribution is 9.11. The predicted molar refractivity (Wildman–Crippen MR) is 105 cm³/mol. The van der Waals surface area contributed by atoms with E-state index in [0.29, 0.717) is 0 Å². The third-order valence-electron chi connectivity index (χ3n) is 4.09. The number of hydrogen-bond acceptors (Lipinski definition) is 2. The molecule has 1 fully saturated rings. The molecule has 1 aromatic heterocycles. The molecule has 0 unspecified atom stereocenters. The largest absolute Gasteiger partial charge is 0.495 e. The van der Waals surface area contributed by atoms with Crippen LogP contribution in [0.1, 0.15) is 25.0 Å². The van der Waals surface area contributed by atoms with Crippen molar-refractivity contribution in [2.75, 3.05) is 20.2 Å². The number of methoxy groups -OCH3 is 1. The molecule has 0 atom stereocenters. The van der Waals surface area contributed by atoms with E-state index in [1.54, 1.807) is 7.11 Å². The number of likely N-dealkylation sites (tertiary alicyclic amines) is 1. The second kappa shape index (κ2) is 8.56. The van der Waals surface area contributed by atoms with Gasteiger partial charge in [0.05, 0.1) is 11.6 Å². The Bertz CT molecular complexity index is 654. The van der Waals surface area contributed by atoms with Crippen molar-refractivity contribution in [3.8, 4) is 17.0 Å². The minimum atomic E-state index is 0. The van der Waals surface area contributed by atoms with Gasteiger partial charge in [-0.05, 0) is 66.1 Å². The highest BCUT2D eigenvalue weighted by Crippen LogP contribution is 2.38. The maximum absolute atomic E-state index is 5.55. The SMILES string of the molecule is COc1c(Br)cc(Br)cc1-c1ccc(CN2CCCCC2)[nH]1.Cl. The molecule has 0 bridgehead atoms. The Labute approximate surface area is 160 Å². The zero-order valence-electron chi connectivity index (χ0n) is 13.1. The average molecular weight is 465 g/mol. The molecule has 0 radical (unpaired) electrons. The average Bonchev–Trinajstić information content (AvgIpc) is 2.96. The van der Waals surface area contributed by atoms with E-state index < -0.39 is 0 Å². The Morgan fingerprint density at radius 2 is 1.87 bits per heavy atom. The number of halogens is 3. The molecule has 2 aromatic rings. The van der Waals surface area contributed by atoms with Gasteiger partial charge in [0.25, 0.3) is 0 Å². The van der Waals surface area contributed by atoms with Gasteiger partial charge >= 0.3 is 0 Å². The third-order valence-corrected chi connectivity index (χ3v) is 5.14. The number of nitrogens with zero attached hydrogens (tertiary/aromatic N) is 1. The Kier molecular flexibility index (Phi) is 7.01. The first kappa shape index (κ1) is 18.8. The van der Waals surface area contributed by atoms with Crippen molar-refractivity contribution in [1.29, 1.82) is 0 Å². The first-order valence-corrected chi connectivity index (χ1v) is 9.19. The summed E-state index contributed by atoms with van der Waals surface area (Å²) >= 11 is 7.12. The summed E-state index contributed by atoms with van der Waals surface area (Å²) in [6.07, 6.45) is 4.01. The van der Waals surface area contributed by atoms with E-state index in [-0.39, 0.29) is 12.4 Å². The Balaban J connectivity index is 0.00000192.